The monoisotopic (exact) mass is 346 g/mol. The molecule has 0 aliphatic heterocycles. The normalized spacial score (nSPS) is 11.5. The fourth-order valence-corrected chi connectivity index (χ4v) is 3.20. The van der Waals surface area contributed by atoms with Crippen LogP contribution in [0.4, 0.5) is 0 Å². The van der Waals surface area contributed by atoms with Gasteiger partial charge in [0.25, 0.3) is 5.91 Å². The van der Waals surface area contributed by atoms with Crippen LogP contribution in [-0.2, 0) is 16.6 Å². The van der Waals surface area contributed by atoms with Crippen LogP contribution in [0.25, 0.3) is 0 Å². The molecular weight excluding hydrogens is 324 g/mol. The Balaban J connectivity index is 2.19. The first-order valence-electron chi connectivity index (χ1n) is 7.72. The van der Waals surface area contributed by atoms with Crippen LogP contribution in [0.3, 0.4) is 0 Å². The smallest absolute Gasteiger partial charge is 0.254 e. The first kappa shape index (κ1) is 18.2. The molecule has 6 heteroatoms. The lowest BCUT2D eigenvalue weighted by Gasteiger charge is -2.21. The van der Waals surface area contributed by atoms with Gasteiger partial charge in [-0.25, -0.2) is 12.7 Å². The van der Waals surface area contributed by atoms with Gasteiger partial charge in [0.15, 0.2) is 0 Å². The molecule has 5 nitrogen and oxygen atoms in total. The molecule has 1 amide bonds. The average molecular weight is 346 g/mol. The van der Waals surface area contributed by atoms with E-state index >= 15 is 0 Å². The summed E-state index contributed by atoms with van der Waals surface area (Å²) in [5, 5.41) is 0. The second kappa shape index (κ2) is 7.59. The lowest BCUT2D eigenvalue weighted by atomic mass is 10.1. The maximum Gasteiger partial charge on any atom is 0.254 e. The van der Waals surface area contributed by atoms with Crippen LogP contribution in [-0.4, -0.2) is 44.2 Å². The van der Waals surface area contributed by atoms with Gasteiger partial charge in [0, 0.05) is 32.7 Å². The maximum absolute atomic E-state index is 12.6. The van der Waals surface area contributed by atoms with E-state index in [1.807, 2.05) is 37.3 Å². The van der Waals surface area contributed by atoms with Gasteiger partial charge in [-0.05, 0) is 36.8 Å². The molecule has 0 heterocycles. The van der Waals surface area contributed by atoms with E-state index in [1.165, 1.54) is 26.2 Å². The van der Waals surface area contributed by atoms with E-state index in [0.717, 1.165) is 9.87 Å². The minimum absolute atomic E-state index is 0.116. The van der Waals surface area contributed by atoms with Crippen LogP contribution < -0.4 is 0 Å². The van der Waals surface area contributed by atoms with Gasteiger partial charge < -0.3 is 4.90 Å². The molecular formula is C18H22N2O3S. The largest absolute Gasteiger partial charge is 0.335 e. The molecule has 0 fully saturated rings. The molecule has 0 bridgehead atoms. The van der Waals surface area contributed by atoms with E-state index in [-0.39, 0.29) is 10.8 Å². The summed E-state index contributed by atoms with van der Waals surface area (Å²) in [7, 11) is -0.527. The van der Waals surface area contributed by atoms with Crippen LogP contribution in [0.2, 0.25) is 0 Å². The Morgan fingerprint density at radius 2 is 1.54 bits per heavy atom. The molecule has 0 radical (unpaired) electrons. The molecule has 2 aromatic carbocycles. The van der Waals surface area contributed by atoms with E-state index in [0.29, 0.717) is 18.7 Å². The molecule has 2 aromatic rings. The second-order valence-corrected chi connectivity index (χ2v) is 7.77. The van der Waals surface area contributed by atoms with Crippen molar-refractivity contribution < 1.29 is 13.2 Å². The molecule has 0 saturated heterocycles. The number of benzene rings is 2. The van der Waals surface area contributed by atoms with E-state index in [1.54, 1.807) is 17.0 Å². The van der Waals surface area contributed by atoms with Gasteiger partial charge in [-0.2, -0.15) is 0 Å². The topological polar surface area (TPSA) is 57.7 Å². The van der Waals surface area contributed by atoms with Crippen molar-refractivity contribution in [2.24, 2.45) is 0 Å². The van der Waals surface area contributed by atoms with E-state index < -0.39 is 10.0 Å². The van der Waals surface area contributed by atoms with Crippen molar-refractivity contribution in [3.8, 4) is 0 Å². The number of hydrogen-bond acceptors (Lipinski definition) is 3. The summed E-state index contributed by atoms with van der Waals surface area (Å²) >= 11 is 0. The van der Waals surface area contributed by atoms with Gasteiger partial charge >= 0.3 is 0 Å². The predicted molar refractivity (Wildman–Crippen MR) is 94.2 cm³/mol. The zero-order valence-electron chi connectivity index (χ0n) is 14.1. The van der Waals surface area contributed by atoms with Gasteiger partial charge in [0.05, 0.1) is 4.90 Å². The Morgan fingerprint density at radius 1 is 0.958 bits per heavy atom. The Bertz CT molecular complexity index is 785. The van der Waals surface area contributed by atoms with Crippen molar-refractivity contribution in [3.63, 3.8) is 0 Å². The highest BCUT2D eigenvalue weighted by atomic mass is 32.2. The molecule has 0 N–H and O–H groups in total. The summed E-state index contributed by atoms with van der Waals surface area (Å²) < 4.78 is 25.3. The average Bonchev–Trinajstić information content (AvgIpc) is 2.60. The molecule has 24 heavy (non-hydrogen) atoms. The van der Waals surface area contributed by atoms with Crippen LogP contribution in [0.5, 0.6) is 0 Å². The molecule has 0 spiro atoms. The van der Waals surface area contributed by atoms with E-state index in [2.05, 4.69) is 0 Å². The molecule has 0 aliphatic rings. The third-order valence-electron chi connectivity index (χ3n) is 3.77. The van der Waals surface area contributed by atoms with Gasteiger partial charge in [0.2, 0.25) is 10.0 Å². The van der Waals surface area contributed by atoms with Gasteiger partial charge in [-0.3, -0.25) is 4.79 Å². The second-order valence-electron chi connectivity index (χ2n) is 5.62. The lowest BCUT2D eigenvalue weighted by Crippen LogP contribution is -2.30. The van der Waals surface area contributed by atoms with E-state index in [4.69, 9.17) is 0 Å². The van der Waals surface area contributed by atoms with Crippen molar-refractivity contribution in [2.75, 3.05) is 20.6 Å². The third-order valence-corrected chi connectivity index (χ3v) is 5.59. The first-order chi connectivity index (χ1) is 11.4. The number of sulfonamides is 1. The highest BCUT2D eigenvalue weighted by Crippen LogP contribution is 2.16. The molecule has 0 atom stereocenters. The number of amides is 1. The van der Waals surface area contributed by atoms with Gasteiger partial charge in [0.1, 0.15) is 0 Å². The van der Waals surface area contributed by atoms with Crippen molar-refractivity contribution in [2.45, 2.75) is 18.4 Å². The summed E-state index contributed by atoms with van der Waals surface area (Å²) in [5.74, 6) is -0.116. The Kier molecular flexibility index (Phi) is 5.75. The summed E-state index contributed by atoms with van der Waals surface area (Å²) in [5.41, 5.74) is 1.53. The number of carbonyl (C=O) groups is 1. The van der Waals surface area contributed by atoms with Gasteiger partial charge in [-0.1, -0.05) is 30.3 Å². The van der Waals surface area contributed by atoms with E-state index in [9.17, 15) is 13.2 Å². The highest BCUT2D eigenvalue weighted by Gasteiger charge is 2.19. The lowest BCUT2D eigenvalue weighted by molar-refractivity contribution is 0.0752. The van der Waals surface area contributed by atoms with Crippen LogP contribution in [0.1, 0.15) is 22.8 Å². The SMILES string of the molecule is CCN(Cc1ccccc1)C(=O)c1ccc(S(=O)(=O)N(C)C)cc1. The summed E-state index contributed by atoms with van der Waals surface area (Å²) in [4.78, 5) is 14.5. The van der Waals surface area contributed by atoms with Crippen LogP contribution in [0, 0.1) is 0 Å². The van der Waals surface area contributed by atoms with Crippen LogP contribution >= 0.6 is 0 Å². The molecule has 0 saturated carbocycles. The zero-order valence-corrected chi connectivity index (χ0v) is 15.0. The van der Waals surface area contributed by atoms with Gasteiger partial charge in [-0.15, -0.1) is 0 Å². The standard InChI is InChI=1S/C18H22N2O3S/c1-4-20(14-15-8-6-5-7-9-15)18(21)16-10-12-17(13-11-16)24(22,23)19(2)3/h5-13H,4,14H2,1-3H3. The quantitative estimate of drug-likeness (QED) is 0.808. The zero-order chi connectivity index (χ0) is 17.7. The summed E-state index contributed by atoms with van der Waals surface area (Å²) in [6, 6.07) is 15.8. The van der Waals surface area contributed by atoms with Crippen molar-refractivity contribution in [3.05, 3.63) is 65.7 Å². The molecule has 0 aliphatic carbocycles. The maximum atomic E-state index is 12.6. The third kappa shape index (κ3) is 4.01. The Labute approximate surface area is 143 Å². The summed E-state index contributed by atoms with van der Waals surface area (Å²) in [6.45, 7) is 3.02. The van der Waals surface area contributed by atoms with Crippen molar-refractivity contribution in [1.29, 1.82) is 0 Å². The predicted octanol–water partition coefficient (Wildman–Crippen LogP) is 2.60. The van der Waals surface area contributed by atoms with Crippen LogP contribution in [0.15, 0.2) is 59.5 Å². The molecule has 2 rings (SSSR count). The fraction of sp³-hybridized carbons (Fsp3) is 0.278. The number of rotatable bonds is 6. The fourth-order valence-electron chi connectivity index (χ4n) is 2.29. The molecule has 128 valence electrons. The van der Waals surface area contributed by atoms with Crippen molar-refractivity contribution >= 4 is 15.9 Å². The first-order valence-corrected chi connectivity index (χ1v) is 9.16. The minimum Gasteiger partial charge on any atom is -0.335 e. The number of nitrogens with zero attached hydrogens (tertiary/aromatic N) is 2. The van der Waals surface area contributed by atoms with Crippen molar-refractivity contribution in [1.82, 2.24) is 9.21 Å². The Morgan fingerprint density at radius 3 is 2.04 bits per heavy atom. The summed E-state index contributed by atoms with van der Waals surface area (Å²) in [6.07, 6.45) is 0. The highest BCUT2D eigenvalue weighted by molar-refractivity contribution is 7.89. The minimum atomic E-state index is -3.49. The Hall–Kier alpha value is -2.18. The molecule has 0 aromatic heterocycles. The molecule has 0 unspecified atom stereocenters. The number of hydrogen-bond donors (Lipinski definition) is 0. The number of carbonyl (C=O) groups excluding carboxylic acids is 1.